The molecule has 0 aliphatic heterocycles. The molecule has 2 heteroatoms. The first kappa shape index (κ1) is 10.7. The zero-order valence-corrected chi connectivity index (χ0v) is 9.91. The van der Waals surface area contributed by atoms with Crippen molar-refractivity contribution < 1.29 is 0 Å². The molecule has 0 amide bonds. The Morgan fingerprint density at radius 2 is 1.81 bits per heavy atom. The molecule has 0 saturated heterocycles. The number of aryl methyl sites for hydroxylation is 2. The Hall–Kier alpha value is -1.83. The molecule has 0 saturated carbocycles. The molecule has 1 heterocycles. The fraction of sp³-hybridized carbons (Fsp3) is 0.214. The van der Waals surface area contributed by atoms with E-state index < -0.39 is 0 Å². The van der Waals surface area contributed by atoms with Gasteiger partial charge in [0, 0.05) is 18.8 Å². The lowest BCUT2D eigenvalue weighted by Crippen LogP contribution is -1.96. The van der Waals surface area contributed by atoms with Crippen molar-refractivity contribution in [2.45, 2.75) is 13.8 Å². The number of aromatic nitrogens is 1. The highest BCUT2D eigenvalue weighted by atomic mass is 15.0. The van der Waals surface area contributed by atoms with Crippen LogP contribution in [0.25, 0.3) is 11.1 Å². The van der Waals surface area contributed by atoms with Gasteiger partial charge in [-0.2, -0.15) is 0 Å². The van der Waals surface area contributed by atoms with Crippen molar-refractivity contribution in [1.82, 2.24) is 4.98 Å². The predicted octanol–water partition coefficient (Wildman–Crippen LogP) is 3.41. The first-order valence-electron chi connectivity index (χ1n) is 5.43. The molecule has 0 aliphatic rings. The van der Waals surface area contributed by atoms with Crippen molar-refractivity contribution >= 4 is 5.82 Å². The summed E-state index contributed by atoms with van der Waals surface area (Å²) < 4.78 is 0. The lowest BCUT2D eigenvalue weighted by molar-refractivity contribution is 1.24. The number of nitrogens with one attached hydrogen (secondary N) is 1. The smallest absolute Gasteiger partial charge is 0.128 e. The second-order valence-corrected chi connectivity index (χ2v) is 3.95. The number of hydrogen-bond donors (Lipinski definition) is 1. The Balaban J connectivity index is 2.50. The van der Waals surface area contributed by atoms with Crippen molar-refractivity contribution in [3.8, 4) is 11.1 Å². The van der Waals surface area contributed by atoms with Crippen molar-refractivity contribution in [1.29, 1.82) is 0 Å². The van der Waals surface area contributed by atoms with Gasteiger partial charge in [0.1, 0.15) is 5.82 Å². The number of rotatable bonds is 2. The molecular formula is C14H16N2. The Bertz CT molecular complexity index is 504. The SMILES string of the molecule is CNc1ncc(-c2ccccc2C)cc1C. The van der Waals surface area contributed by atoms with Crippen LogP contribution in [0.1, 0.15) is 11.1 Å². The normalized spacial score (nSPS) is 10.2. The molecule has 1 aromatic heterocycles. The van der Waals surface area contributed by atoms with Crippen molar-refractivity contribution in [2.75, 3.05) is 12.4 Å². The first-order chi connectivity index (χ1) is 7.72. The minimum absolute atomic E-state index is 0.942. The summed E-state index contributed by atoms with van der Waals surface area (Å²) in [6.45, 7) is 4.19. The lowest BCUT2D eigenvalue weighted by Gasteiger charge is -2.09. The number of pyridine rings is 1. The summed E-state index contributed by atoms with van der Waals surface area (Å²) in [5.74, 6) is 0.942. The molecule has 2 aromatic rings. The van der Waals surface area contributed by atoms with Crippen LogP contribution >= 0.6 is 0 Å². The molecule has 0 fully saturated rings. The van der Waals surface area contributed by atoms with Crippen LogP contribution in [0.5, 0.6) is 0 Å². The molecule has 0 unspecified atom stereocenters. The summed E-state index contributed by atoms with van der Waals surface area (Å²) in [6.07, 6.45) is 1.92. The molecule has 0 aliphatic carbocycles. The van der Waals surface area contributed by atoms with Gasteiger partial charge >= 0.3 is 0 Å². The molecule has 2 nitrogen and oxygen atoms in total. The maximum atomic E-state index is 4.40. The summed E-state index contributed by atoms with van der Waals surface area (Å²) in [5, 5.41) is 3.08. The highest BCUT2D eigenvalue weighted by Gasteiger charge is 2.04. The predicted molar refractivity (Wildman–Crippen MR) is 68.7 cm³/mol. The van der Waals surface area contributed by atoms with E-state index >= 15 is 0 Å². The standard InChI is InChI=1S/C14H16N2/c1-10-6-4-5-7-13(10)12-8-11(2)14(15-3)16-9-12/h4-9H,1-3H3,(H,15,16). The maximum Gasteiger partial charge on any atom is 0.128 e. The van der Waals surface area contributed by atoms with Gasteiger partial charge in [-0.1, -0.05) is 24.3 Å². The average molecular weight is 212 g/mol. The number of nitrogens with zero attached hydrogens (tertiary/aromatic N) is 1. The third-order valence-corrected chi connectivity index (χ3v) is 2.77. The Morgan fingerprint density at radius 3 is 2.44 bits per heavy atom. The highest BCUT2D eigenvalue weighted by Crippen LogP contribution is 2.25. The second-order valence-electron chi connectivity index (χ2n) is 3.95. The van der Waals surface area contributed by atoms with E-state index in [2.05, 4.69) is 54.5 Å². The van der Waals surface area contributed by atoms with Gasteiger partial charge in [-0.25, -0.2) is 4.98 Å². The van der Waals surface area contributed by atoms with E-state index in [-0.39, 0.29) is 0 Å². The van der Waals surface area contributed by atoms with Crippen LogP contribution in [0.15, 0.2) is 36.5 Å². The van der Waals surface area contributed by atoms with Crippen LogP contribution in [-0.2, 0) is 0 Å². The molecule has 1 N–H and O–H groups in total. The fourth-order valence-electron chi connectivity index (χ4n) is 1.88. The number of hydrogen-bond acceptors (Lipinski definition) is 2. The van der Waals surface area contributed by atoms with E-state index in [0.29, 0.717) is 0 Å². The summed E-state index contributed by atoms with van der Waals surface area (Å²) >= 11 is 0. The van der Waals surface area contributed by atoms with Crippen molar-refractivity contribution in [3.63, 3.8) is 0 Å². The summed E-state index contributed by atoms with van der Waals surface area (Å²) in [4.78, 5) is 4.40. The van der Waals surface area contributed by atoms with E-state index in [0.717, 1.165) is 5.82 Å². The molecule has 2 rings (SSSR count). The van der Waals surface area contributed by atoms with Gasteiger partial charge in [0.2, 0.25) is 0 Å². The molecule has 1 aromatic carbocycles. The van der Waals surface area contributed by atoms with Crippen LogP contribution in [0.4, 0.5) is 5.82 Å². The maximum absolute atomic E-state index is 4.40. The fourth-order valence-corrected chi connectivity index (χ4v) is 1.88. The van der Waals surface area contributed by atoms with Crippen LogP contribution < -0.4 is 5.32 Å². The van der Waals surface area contributed by atoms with Crippen molar-refractivity contribution in [3.05, 3.63) is 47.7 Å². The highest BCUT2D eigenvalue weighted by molar-refractivity contribution is 5.68. The van der Waals surface area contributed by atoms with Gasteiger partial charge in [0.15, 0.2) is 0 Å². The Kier molecular flexibility index (Phi) is 2.91. The average Bonchev–Trinajstić information content (AvgIpc) is 2.29. The Morgan fingerprint density at radius 1 is 1.06 bits per heavy atom. The third-order valence-electron chi connectivity index (χ3n) is 2.77. The first-order valence-corrected chi connectivity index (χ1v) is 5.43. The molecule has 16 heavy (non-hydrogen) atoms. The summed E-state index contributed by atoms with van der Waals surface area (Å²) in [6, 6.07) is 10.5. The van der Waals surface area contributed by atoms with Crippen LogP contribution in [0.2, 0.25) is 0 Å². The molecule has 0 spiro atoms. The number of anilines is 1. The largest absolute Gasteiger partial charge is 0.373 e. The number of benzene rings is 1. The quantitative estimate of drug-likeness (QED) is 0.825. The zero-order valence-electron chi connectivity index (χ0n) is 9.91. The molecule has 0 radical (unpaired) electrons. The van der Waals surface area contributed by atoms with Gasteiger partial charge in [-0.05, 0) is 36.6 Å². The molecule has 0 bridgehead atoms. The van der Waals surface area contributed by atoms with Crippen LogP contribution in [-0.4, -0.2) is 12.0 Å². The van der Waals surface area contributed by atoms with Crippen molar-refractivity contribution in [2.24, 2.45) is 0 Å². The second kappa shape index (κ2) is 4.35. The Labute approximate surface area is 96.4 Å². The van der Waals surface area contributed by atoms with Crippen LogP contribution in [0, 0.1) is 13.8 Å². The molecular weight excluding hydrogens is 196 g/mol. The van der Waals surface area contributed by atoms with E-state index in [9.17, 15) is 0 Å². The third kappa shape index (κ3) is 1.91. The minimum Gasteiger partial charge on any atom is -0.373 e. The van der Waals surface area contributed by atoms with E-state index in [4.69, 9.17) is 0 Å². The molecule has 0 atom stereocenters. The topological polar surface area (TPSA) is 24.9 Å². The lowest BCUT2D eigenvalue weighted by atomic mass is 10.0. The van der Waals surface area contributed by atoms with E-state index in [1.54, 1.807) is 0 Å². The van der Waals surface area contributed by atoms with Gasteiger partial charge in [0.25, 0.3) is 0 Å². The van der Waals surface area contributed by atoms with E-state index in [1.165, 1.54) is 22.3 Å². The van der Waals surface area contributed by atoms with Gasteiger partial charge in [-0.3, -0.25) is 0 Å². The monoisotopic (exact) mass is 212 g/mol. The summed E-state index contributed by atoms with van der Waals surface area (Å²) in [5.41, 5.74) is 4.87. The van der Waals surface area contributed by atoms with Gasteiger partial charge in [-0.15, -0.1) is 0 Å². The van der Waals surface area contributed by atoms with Gasteiger partial charge in [0.05, 0.1) is 0 Å². The van der Waals surface area contributed by atoms with Crippen LogP contribution in [0.3, 0.4) is 0 Å². The van der Waals surface area contributed by atoms with Gasteiger partial charge < -0.3 is 5.32 Å². The summed E-state index contributed by atoms with van der Waals surface area (Å²) in [7, 11) is 1.89. The van der Waals surface area contributed by atoms with E-state index in [1.807, 2.05) is 13.2 Å². The minimum atomic E-state index is 0.942. The zero-order chi connectivity index (χ0) is 11.5. The molecule has 82 valence electrons.